The number of para-hydroxylation sites is 2. The van der Waals surface area contributed by atoms with Crippen LogP contribution in [0.4, 0.5) is 11.4 Å². The number of hydrogen-bond donors (Lipinski definition) is 2. The van der Waals surface area contributed by atoms with Crippen molar-refractivity contribution in [3.63, 3.8) is 0 Å². The van der Waals surface area contributed by atoms with Crippen LogP contribution in [0.1, 0.15) is 39.2 Å². The van der Waals surface area contributed by atoms with E-state index in [9.17, 15) is 9.59 Å². The fraction of sp³-hybridized carbons (Fsp3) is 0.300. The molecule has 0 heterocycles. The lowest BCUT2D eigenvalue weighted by Crippen LogP contribution is -2.41. The molecule has 0 fully saturated rings. The van der Waals surface area contributed by atoms with Gasteiger partial charge < -0.3 is 10.6 Å². The van der Waals surface area contributed by atoms with Crippen LogP contribution < -0.4 is 10.6 Å². The molecule has 0 saturated heterocycles. The number of rotatable bonds is 5. The largest absolute Gasteiger partial charge is 0.325 e. The molecular weight excluding hydrogens is 300 g/mol. The third-order valence-corrected chi connectivity index (χ3v) is 4.00. The molecule has 0 aliphatic carbocycles. The van der Waals surface area contributed by atoms with Crippen LogP contribution in [0.25, 0.3) is 0 Å². The van der Waals surface area contributed by atoms with E-state index in [1.807, 2.05) is 42.5 Å². The van der Waals surface area contributed by atoms with E-state index in [0.29, 0.717) is 5.69 Å². The van der Waals surface area contributed by atoms with Crippen molar-refractivity contribution < 1.29 is 9.59 Å². The van der Waals surface area contributed by atoms with Crippen molar-refractivity contribution in [2.75, 3.05) is 10.6 Å². The zero-order valence-electron chi connectivity index (χ0n) is 14.6. The van der Waals surface area contributed by atoms with Crippen molar-refractivity contribution in [2.45, 2.75) is 33.6 Å². The van der Waals surface area contributed by atoms with Crippen LogP contribution in [0.15, 0.2) is 54.6 Å². The summed E-state index contributed by atoms with van der Waals surface area (Å²) in [5.74, 6) is -0.389. The second-order valence-electron chi connectivity index (χ2n) is 6.64. The number of carbonyl (C=O) groups excluding carboxylic acids is 2. The third-order valence-electron chi connectivity index (χ3n) is 4.00. The topological polar surface area (TPSA) is 58.2 Å². The first kappa shape index (κ1) is 17.7. The summed E-state index contributed by atoms with van der Waals surface area (Å²) in [6.07, 6.45) is 0. The molecule has 0 saturated carbocycles. The Morgan fingerprint density at radius 2 is 1.38 bits per heavy atom. The lowest BCUT2D eigenvalue weighted by molar-refractivity contribution is -0.135. The fourth-order valence-corrected chi connectivity index (χ4v) is 2.30. The highest BCUT2D eigenvalue weighted by Crippen LogP contribution is 2.27. The van der Waals surface area contributed by atoms with E-state index in [1.54, 1.807) is 26.0 Å². The molecule has 126 valence electrons. The second-order valence-corrected chi connectivity index (χ2v) is 6.64. The number of carbonyl (C=O) groups is 2. The van der Waals surface area contributed by atoms with Crippen molar-refractivity contribution in [3.8, 4) is 0 Å². The van der Waals surface area contributed by atoms with Gasteiger partial charge in [-0.2, -0.15) is 0 Å². The number of anilines is 2. The first-order valence-corrected chi connectivity index (χ1v) is 8.09. The minimum Gasteiger partial charge on any atom is -0.325 e. The molecule has 2 aromatic carbocycles. The van der Waals surface area contributed by atoms with Gasteiger partial charge in [0.1, 0.15) is 5.41 Å². The highest BCUT2D eigenvalue weighted by atomic mass is 16.2. The van der Waals surface area contributed by atoms with Gasteiger partial charge in [0.2, 0.25) is 11.8 Å². The van der Waals surface area contributed by atoms with Crippen LogP contribution in [-0.4, -0.2) is 11.8 Å². The Hall–Kier alpha value is -2.62. The molecule has 2 N–H and O–H groups in total. The summed E-state index contributed by atoms with van der Waals surface area (Å²) in [6.45, 7) is 7.38. The van der Waals surface area contributed by atoms with E-state index in [4.69, 9.17) is 0 Å². The van der Waals surface area contributed by atoms with Crippen LogP contribution in [0.2, 0.25) is 0 Å². The first-order chi connectivity index (χ1) is 11.3. The first-order valence-electron chi connectivity index (χ1n) is 8.09. The van der Waals surface area contributed by atoms with E-state index >= 15 is 0 Å². The fourth-order valence-electron chi connectivity index (χ4n) is 2.30. The molecule has 2 aromatic rings. The molecule has 4 heteroatoms. The highest BCUT2D eigenvalue weighted by Gasteiger charge is 2.36. The summed E-state index contributed by atoms with van der Waals surface area (Å²) < 4.78 is 0. The molecule has 0 aliphatic heterocycles. The minimum atomic E-state index is -1.19. The molecule has 2 amide bonds. The summed E-state index contributed by atoms with van der Waals surface area (Å²) in [5, 5.41) is 5.69. The van der Waals surface area contributed by atoms with Crippen LogP contribution in [-0.2, 0) is 9.59 Å². The van der Waals surface area contributed by atoms with Crippen molar-refractivity contribution in [3.05, 3.63) is 60.2 Å². The molecule has 0 bridgehead atoms. The monoisotopic (exact) mass is 324 g/mol. The quantitative estimate of drug-likeness (QED) is 0.800. The molecule has 0 unspecified atom stereocenters. The van der Waals surface area contributed by atoms with Gasteiger partial charge in [-0.05, 0) is 43.5 Å². The predicted octanol–water partition coefficient (Wildman–Crippen LogP) is 4.41. The van der Waals surface area contributed by atoms with Gasteiger partial charge in [-0.3, -0.25) is 9.59 Å². The van der Waals surface area contributed by atoms with Crippen molar-refractivity contribution in [1.29, 1.82) is 0 Å². The average molecular weight is 324 g/mol. The van der Waals surface area contributed by atoms with Crippen molar-refractivity contribution >= 4 is 23.2 Å². The number of nitrogens with one attached hydrogen (secondary N) is 2. The summed E-state index contributed by atoms with van der Waals surface area (Å²) in [7, 11) is 0. The molecule has 0 aromatic heterocycles. The third kappa shape index (κ3) is 4.02. The standard InChI is InChI=1S/C20H24N2O2/c1-14(2)16-12-8-9-13-17(16)22-19(24)20(3,4)18(23)21-15-10-6-5-7-11-15/h5-14H,1-4H3,(H,21,23)(H,22,24). The lowest BCUT2D eigenvalue weighted by Gasteiger charge is -2.24. The summed E-state index contributed by atoms with van der Waals surface area (Å²) >= 11 is 0. The van der Waals surface area contributed by atoms with Crippen LogP contribution >= 0.6 is 0 Å². The molecule has 0 radical (unpaired) electrons. The SMILES string of the molecule is CC(C)c1ccccc1NC(=O)C(C)(C)C(=O)Nc1ccccc1. The Labute approximate surface area is 143 Å². The Balaban J connectivity index is 2.14. The zero-order chi connectivity index (χ0) is 17.7. The van der Waals surface area contributed by atoms with Gasteiger partial charge in [0.05, 0.1) is 0 Å². The van der Waals surface area contributed by atoms with Crippen molar-refractivity contribution in [2.24, 2.45) is 5.41 Å². The van der Waals surface area contributed by atoms with Gasteiger partial charge in [-0.25, -0.2) is 0 Å². The van der Waals surface area contributed by atoms with Gasteiger partial charge in [0.25, 0.3) is 0 Å². The Kier molecular flexibility index (Phi) is 5.39. The smallest absolute Gasteiger partial charge is 0.239 e. The van der Waals surface area contributed by atoms with Gasteiger partial charge in [0, 0.05) is 11.4 Å². The van der Waals surface area contributed by atoms with Crippen LogP contribution in [0.3, 0.4) is 0 Å². The zero-order valence-corrected chi connectivity index (χ0v) is 14.6. The van der Waals surface area contributed by atoms with Crippen LogP contribution in [0.5, 0.6) is 0 Å². The summed E-state index contributed by atoms with van der Waals surface area (Å²) in [4.78, 5) is 25.2. The van der Waals surface area contributed by atoms with Gasteiger partial charge in [-0.1, -0.05) is 50.2 Å². The van der Waals surface area contributed by atoms with Gasteiger partial charge in [-0.15, -0.1) is 0 Å². The maximum Gasteiger partial charge on any atom is 0.239 e. The van der Waals surface area contributed by atoms with E-state index in [2.05, 4.69) is 24.5 Å². The highest BCUT2D eigenvalue weighted by molar-refractivity contribution is 6.14. The Morgan fingerprint density at radius 1 is 0.833 bits per heavy atom. The molecule has 0 aliphatic rings. The van der Waals surface area contributed by atoms with Gasteiger partial charge in [0.15, 0.2) is 0 Å². The second kappa shape index (κ2) is 7.30. The van der Waals surface area contributed by atoms with Crippen LogP contribution in [0, 0.1) is 5.41 Å². The van der Waals surface area contributed by atoms with E-state index in [-0.39, 0.29) is 17.7 Å². The van der Waals surface area contributed by atoms with E-state index in [1.165, 1.54) is 0 Å². The van der Waals surface area contributed by atoms with E-state index in [0.717, 1.165) is 11.3 Å². The maximum atomic E-state index is 12.7. The predicted molar refractivity (Wildman–Crippen MR) is 98.0 cm³/mol. The molecule has 0 atom stereocenters. The Bertz CT molecular complexity index is 721. The summed E-state index contributed by atoms with van der Waals surface area (Å²) in [5.41, 5.74) is 1.27. The lowest BCUT2D eigenvalue weighted by atomic mass is 9.90. The average Bonchev–Trinajstić information content (AvgIpc) is 2.56. The van der Waals surface area contributed by atoms with E-state index < -0.39 is 5.41 Å². The minimum absolute atomic E-state index is 0.280. The molecular formula is C20H24N2O2. The molecule has 24 heavy (non-hydrogen) atoms. The maximum absolute atomic E-state index is 12.7. The summed E-state index contributed by atoms with van der Waals surface area (Å²) in [6, 6.07) is 16.8. The number of hydrogen-bond acceptors (Lipinski definition) is 2. The molecule has 2 rings (SSSR count). The number of benzene rings is 2. The number of amides is 2. The Morgan fingerprint density at radius 3 is 2.00 bits per heavy atom. The molecule has 4 nitrogen and oxygen atoms in total. The normalized spacial score (nSPS) is 11.2. The van der Waals surface area contributed by atoms with Crippen molar-refractivity contribution in [1.82, 2.24) is 0 Å². The van der Waals surface area contributed by atoms with Gasteiger partial charge >= 0.3 is 0 Å². The molecule has 0 spiro atoms.